The summed E-state index contributed by atoms with van der Waals surface area (Å²) in [6.07, 6.45) is 7.17. The van der Waals surface area contributed by atoms with Crippen molar-refractivity contribution in [2.45, 2.75) is 59.4 Å². The van der Waals surface area contributed by atoms with Gasteiger partial charge in [0.1, 0.15) is 11.8 Å². The van der Waals surface area contributed by atoms with E-state index in [9.17, 15) is 9.59 Å². The van der Waals surface area contributed by atoms with Crippen molar-refractivity contribution in [3.8, 4) is 0 Å². The van der Waals surface area contributed by atoms with Gasteiger partial charge < -0.3 is 5.32 Å². The van der Waals surface area contributed by atoms with Gasteiger partial charge in [0.25, 0.3) is 5.91 Å². The number of nitrogens with zero attached hydrogens (tertiary/aromatic N) is 3. The van der Waals surface area contributed by atoms with Gasteiger partial charge in [0.05, 0.1) is 5.04 Å². The molecule has 158 valence electrons. The fourth-order valence-corrected chi connectivity index (χ4v) is 5.63. The van der Waals surface area contributed by atoms with Gasteiger partial charge in [-0.25, -0.2) is 4.99 Å². The minimum atomic E-state index is -0.269. The van der Waals surface area contributed by atoms with E-state index < -0.39 is 0 Å². The molecule has 2 aliphatic heterocycles. The molecule has 0 saturated carbocycles. The van der Waals surface area contributed by atoms with E-state index in [1.165, 1.54) is 10.5 Å². The zero-order valence-corrected chi connectivity index (χ0v) is 18.6. The fraction of sp³-hybridized carbons (Fsp3) is 0.522. The Bertz CT molecular complexity index is 944. The number of carbonyl (C=O) groups is 2. The number of aliphatic imine (C=N–C) groups is 2. The number of rotatable bonds is 5. The lowest BCUT2D eigenvalue weighted by atomic mass is 9.71. The van der Waals surface area contributed by atoms with Gasteiger partial charge in [0.15, 0.2) is 0 Å². The Morgan fingerprint density at radius 1 is 1.30 bits per heavy atom. The molecule has 7 heteroatoms. The Morgan fingerprint density at radius 3 is 2.87 bits per heavy atom. The summed E-state index contributed by atoms with van der Waals surface area (Å²) in [5.74, 6) is 0.637. The van der Waals surface area contributed by atoms with E-state index in [0.717, 1.165) is 29.9 Å². The Kier molecular flexibility index (Phi) is 5.91. The normalized spacial score (nSPS) is 23.5. The first kappa shape index (κ1) is 21.0. The van der Waals surface area contributed by atoms with Crippen molar-refractivity contribution in [2.24, 2.45) is 27.2 Å². The Balaban J connectivity index is 1.34. The van der Waals surface area contributed by atoms with E-state index in [4.69, 9.17) is 0 Å². The third-order valence-corrected chi connectivity index (χ3v) is 7.32. The fourth-order valence-electron chi connectivity index (χ4n) is 4.23. The van der Waals surface area contributed by atoms with Crippen LogP contribution in [-0.2, 0) is 16.1 Å². The van der Waals surface area contributed by atoms with Crippen LogP contribution in [0, 0.1) is 17.3 Å². The first-order chi connectivity index (χ1) is 14.3. The van der Waals surface area contributed by atoms with Crippen LogP contribution < -0.4 is 5.32 Å². The van der Waals surface area contributed by atoms with E-state index in [0.29, 0.717) is 24.7 Å². The highest BCUT2D eigenvalue weighted by Crippen LogP contribution is 2.52. The molecule has 0 saturated heterocycles. The first-order valence-corrected chi connectivity index (χ1v) is 11.4. The molecule has 0 bridgehead atoms. The number of carbonyl (C=O) groups excluding carboxylic acids is 2. The number of fused-ring (bicyclic) bond motifs is 2. The summed E-state index contributed by atoms with van der Waals surface area (Å²) in [5, 5.41) is 3.74. The van der Waals surface area contributed by atoms with Gasteiger partial charge in [-0.2, -0.15) is 4.99 Å². The molecule has 3 aliphatic rings. The summed E-state index contributed by atoms with van der Waals surface area (Å²) in [6.45, 7) is 7.31. The van der Waals surface area contributed by atoms with Crippen LogP contribution in [0.4, 0.5) is 0 Å². The van der Waals surface area contributed by atoms with Crippen LogP contribution in [-0.4, -0.2) is 27.7 Å². The van der Waals surface area contributed by atoms with Crippen molar-refractivity contribution in [2.75, 3.05) is 0 Å². The van der Waals surface area contributed by atoms with Crippen molar-refractivity contribution >= 4 is 34.5 Å². The smallest absolute Gasteiger partial charge is 0.261 e. The molecule has 0 aromatic carbocycles. The number of nitrogens with one attached hydrogen (secondary N) is 1. The molecule has 2 amide bonds. The SMILES string of the molecule is CC(C)(C)C1CCC2=C(C1)SC1=NC(CCC(=O)NCc3cccnc3)=NC(=O)C12. The maximum Gasteiger partial charge on any atom is 0.261 e. The molecule has 0 radical (unpaired) electrons. The zero-order valence-electron chi connectivity index (χ0n) is 17.8. The number of thioether (sulfide) groups is 1. The first-order valence-electron chi connectivity index (χ1n) is 10.6. The summed E-state index contributed by atoms with van der Waals surface area (Å²) in [5.41, 5.74) is 2.46. The molecule has 1 N–H and O–H groups in total. The molecule has 1 aromatic heterocycles. The van der Waals surface area contributed by atoms with E-state index >= 15 is 0 Å². The van der Waals surface area contributed by atoms with Crippen molar-refractivity contribution in [1.29, 1.82) is 0 Å². The summed E-state index contributed by atoms with van der Waals surface area (Å²) >= 11 is 1.67. The largest absolute Gasteiger partial charge is 0.352 e. The van der Waals surface area contributed by atoms with Crippen LogP contribution in [0.25, 0.3) is 0 Å². The minimum Gasteiger partial charge on any atom is -0.352 e. The minimum absolute atomic E-state index is 0.0826. The molecule has 0 fully saturated rings. The lowest BCUT2D eigenvalue weighted by Crippen LogP contribution is -2.28. The average Bonchev–Trinajstić information content (AvgIpc) is 3.09. The summed E-state index contributed by atoms with van der Waals surface area (Å²) in [6, 6.07) is 3.76. The summed E-state index contributed by atoms with van der Waals surface area (Å²) in [4.78, 5) is 39.2. The van der Waals surface area contributed by atoms with Crippen LogP contribution in [0.2, 0.25) is 0 Å². The molecule has 2 unspecified atom stereocenters. The summed E-state index contributed by atoms with van der Waals surface area (Å²) < 4.78 is 0. The second-order valence-corrected chi connectivity index (χ2v) is 10.4. The second kappa shape index (κ2) is 8.46. The Hall–Kier alpha value is -2.28. The van der Waals surface area contributed by atoms with Crippen molar-refractivity contribution in [3.63, 3.8) is 0 Å². The van der Waals surface area contributed by atoms with E-state index in [1.807, 2.05) is 12.1 Å². The van der Waals surface area contributed by atoms with Crippen molar-refractivity contribution in [1.82, 2.24) is 10.3 Å². The highest BCUT2D eigenvalue weighted by molar-refractivity contribution is 8.17. The number of hydrogen-bond acceptors (Lipinski definition) is 5. The molecule has 1 aromatic rings. The van der Waals surface area contributed by atoms with Crippen LogP contribution >= 0.6 is 11.8 Å². The average molecular weight is 425 g/mol. The highest BCUT2D eigenvalue weighted by Gasteiger charge is 2.43. The maximum absolute atomic E-state index is 12.8. The third-order valence-electron chi connectivity index (χ3n) is 6.11. The number of aromatic nitrogens is 1. The number of pyridine rings is 1. The van der Waals surface area contributed by atoms with Gasteiger partial charge in [-0.15, -0.1) is 0 Å². The van der Waals surface area contributed by atoms with Gasteiger partial charge in [-0.05, 0) is 52.7 Å². The van der Waals surface area contributed by atoms with E-state index in [-0.39, 0.29) is 29.6 Å². The predicted molar refractivity (Wildman–Crippen MR) is 120 cm³/mol. The molecule has 1 aliphatic carbocycles. The number of allylic oxidation sites excluding steroid dienone is 1. The van der Waals surface area contributed by atoms with Crippen LogP contribution in [0.3, 0.4) is 0 Å². The zero-order chi connectivity index (χ0) is 21.3. The van der Waals surface area contributed by atoms with E-state index in [2.05, 4.69) is 41.1 Å². The van der Waals surface area contributed by atoms with Crippen LogP contribution in [0.1, 0.15) is 58.4 Å². The molecular formula is C23H28N4O2S. The molecule has 30 heavy (non-hydrogen) atoms. The topological polar surface area (TPSA) is 83.8 Å². The van der Waals surface area contributed by atoms with Gasteiger partial charge in [-0.1, -0.05) is 38.6 Å². The lowest BCUT2D eigenvalue weighted by Gasteiger charge is -2.34. The Labute approximate surface area is 181 Å². The monoisotopic (exact) mass is 424 g/mol. The molecule has 3 heterocycles. The highest BCUT2D eigenvalue weighted by atomic mass is 32.2. The molecule has 0 spiro atoms. The van der Waals surface area contributed by atoms with Crippen LogP contribution in [0.15, 0.2) is 45.0 Å². The van der Waals surface area contributed by atoms with Gasteiger partial charge >= 0.3 is 0 Å². The molecular weight excluding hydrogens is 396 g/mol. The maximum atomic E-state index is 12.8. The molecule has 6 nitrogen and oxygen atoms in total. The van der Waals surface area contributed by atoms with Gasteiger partial charge in [-0.3, -0.25) is 14.6 Å². The van der Waals surface area contributed by atoms with Crippen molar-refractivity contribution in [3.05, 3.63) is 40.6 Å². The van der Waals surface area contributed by atoms with Crippen molar-refractivity contribution < 1.29 is 9.59 Å². The number of hydrogen-bond donors (Lipinski definition) is 1. The molecule has 2 atom stereocenters. The standard InChI is InChI=1S/C23H28N4O2S/c1-23(2,3)15-6-7-16-17(11-15)30-22-20(16)21(29)26-18(27-22)8-9-19(28)25-13-14-5-4-10-24-12-14/h4-5,10,12,15,20H,6-9,11,13H2,1-3H3,(H,25,28). The second-order valence-electron chi connectivity index (χ2n) is 9.24. The lowest BCUT2D eigenvalue weighted by molar-refractivity contribution is -0.121. The number of amidine groups is 1. The third kappa shape index (κ3) is 4.56. The summed E-state index contributed by atoms with van der Waals surface area (Å²) in [7, 11) is 0. The van der Waals surface area contributed by atoms with Crippen LogP contribution in [0.5, 0.6) is 0 Å². The quantitative estimate of drug-likeness (QED) is 0.765. The van der Waals surface area contributed by atoms with Gasteiger partial charge in [0, 0.05) is 31.8 Å². The Morgan fingerprint density at radius 2 is 2.13 bits per heavy atom. The predicted octanol–water partition coefficient (Wildman–Crippen LogP) is 4.28. The van der Waals surface area contributed by atoms with E-state index in [1.54, 1.807) is 24.2 Å². The van der Waals surface area contributed by atoms with Gasteiger partial charge in [0.2, 0.25) is 5.91 Å². The number of amides is 2. The molecule has 4 rings (SSSR count).